The van der Waals surface area contributed by atoms with E-state index in [0.29, 0.717) is 11.3 Å². The molecule has 0 aliphatic rings. The van der Waals surface area contributed by atoms with Crippen LogP contribution in [0.4, 0.5) is 10.1 Å². The van der Waals surface area contributed by atoms with Crippen LogP contribution < -0.4 is 11.1 Å². The fourth-order valence-corrected chi connectivity index (χ4v) is 1.20. The summed E-state index contributed by atoms with van der Waals surface area (Å²) < 4.78 is 13.2. The topological polar surface area (TPSA) is 55.1 Å². The number of hydrogen-bond donors (Lipinski definition) is 2. The van der Waals surface area contributed by atoms with E-state index in [1.165, 1.54) is 6.07 Å². The predicted octanol–water partition coefficient (Wildman–Crippen LogP) is 2.06. The lowest BCUT2D eigenvalue weighted by atomic mass is 10.0. The molecule has 0 aliphatic carbocycles. The highest BCUT2D eigenvalue weighted by Gasteiger charge is 2.17. The van der Waals surface area contributed by atoms with Gasteiger partial charge < -0.3 is 11.1 Å². The number of nitrogens with one attached hydrogen (secondary N) is 1. The Kier molecular flexibility index (Phi) is 4.01. The van der Waals surface area contributed by atoms with Crippen molar-refractivity contribution < 1.29 is 9.18 Å². The van der Waals surface area contributed by atoms with E-state index in [9.17, 15) is 9.18 Å². The van der Waals surface area contributed by atoms with Gasteiger partial charge in [-0.3, -0.25) is 4.79 Å². The van der Waals surface area contributed by atoms with Crippen molar-refractivity contribution in [1.82, 2.24) is 0 Å². The third-order valence-electron chi connectivity index (χ3n) is 2.46. The van der Waals surface area contributed by atoms with Gasteiger partial charge in [-0.2, -0.15) is 0 Å². The summed E-state index contributed by atoms with van der Waals surface area (Å²) in [4.78, 5) is 11.6. The number of anilines is 1. The first-order valence-electron chi connectivity index (χ1n) is 5.24. The first kappa shape index (κ1) is 12.6. The fourth-order valence-electron chi connectivity index (χ4n) is 1.20. The Morgan fingerprint density at radius 2 is 2.06 bits per heavy atom. The molecule has 0 radical (unpaired) electrons. The minimum atomic E-state index is -0.579. The Balaban J connectivity index is 2.74. The fraction of sp³-hybridized carbons (Fsp3) is 0.417. The lowest BCUT2D eigenvalue weighted by Crippen LogP contribution is -2.39. The Labute approximate surface area is 94.8 Å². The zero-order chi connectivity index (χ0) is 12.3. The van der Waals surface area contributed by atoms with Crippen LogP contribution in [0.3, 0.4) is 0 Å². The first-order valence-corrected chi connectivity index (χ1v) is 5.24. The second-order valence-electron chi connectivity index (χ2n) is 4.22. The summed E-state index contributed by atoms with van der Waals surface area (Å²) in [7, 11) is 0. The van der Waals surface area contributed by atoms with E-state index in [4.69, 9.17) is 5.73 Å². The van der Waals surface area contributed by atoms with E-state index >= 15 is 0 Å². The maximum absolute atomic E-state index is 13.2. The first-order chi connectivity index (χ1) is 7.41. The van der Waals surface area contributed by atoms with Gasteiger partial charge in [-0.05, 0) is 30.5 Å². The van der Waals surface area contributed by atoms with Crippen molar-refractivity contribution in [3.05, 3.63) is 29.6 Å². The Bertz CT molecular complexity index is 391. The summed E-state index contributed by atoms with van der Waals surface area (Å²) >= 11 is 0. The highest BCUT2D eigenvalue weighted by Crippen LogP contribution is 2.14. The number of nitrogens with two attached hydrogens (primary N) is 1. The van der Waals surface area contributed by atoms with Crippen molar-refractivity contribution in [2.75, 3.05) is 5.32 Å². The summed E-state index contributed by atoms with van der Waals surface area (Å²) in [6, 6.07) is 3.99. The molecule has 0 aromatic heterocycles. The maximum Gasteiger partial charge on any atom is 0.241 e. The van der Waals surface area contributed by atoms with E-state index in [0.717, 1.165) is 0 Å². The standard InChI is InChI=1S/C12H17FN2O/c1-7(2)11(14)12(16)15-9-5-4-8(3)10(13)6-9/h4-7,11H,14H2,1-3H3,(H,15,16)/t11-/m0/s1. The second-order valence-corrected chi connectivity index (χ2v) is 4.22. The molecule has 88 valence electrons. The van der Waals surface area contributed by atoms with Crippen molar-refractivity contribution in [2.24, 2.45) is 11.7 Å². The van der Waals surface area contributed by atoms with Crippen LogP contribution in [0.5, 0.6) is 0 Å². The lowest BCUT2D eigenvalue weighted by Gasteiger charge is -2.15. The van der Waals surface area contributed by atoms with Crippen LogP contribution in [0.15, 0.2) is 18.2 Å². The van der Waals surface area contributed by atoms with E-state index in [2.05, 4.69) is 5.32 Å². The monoisotopic (exact) mass is 224 g/mol. The molecule has 0 unspecified atom stereocenters. The van der Waals surface area contributed by atoms with Gasteiger partial charge in [-0.15, -0.1) is 0 Å². The van der Waals surface area contributed by atoms with Crippen molar-refractivity contribution in [1.29, 1.82) is 0 Å². The average molecular weight is 224 g/mol. The summed E-state index contributed by atoms with van der Waals surface area (Å²) in [5, 5.41) is 2.59. The van der Waals surface area contributed by atoms with Gasteiger partial charge in [0.15, 0.2) is 0 Å². The van der Waals surface area contributed by atoms with Crippen LogP contribution in [-0.4, -0.2) is 11.9 Å². The number of amides is 1. The summed E-state index contributed by atoms with van der Waals surface area (Å²) in [6.07, 6.45) is 0. The average Bonchev–Trinajstić information content (AvgIpc) is 2.22. The highest BCUT2D eigenvalue weighted by atomic mass is 19.1. The molecule has 1 rings (SSSR count). The van der Waals surface area contributed by atoms with E-state index in [1.807, 2.05) is 13.8 Å². The number of carbonyl (C=O) groups excluding carboxylic acids is 1. The third kappa shape index (κ3) is 3.03. The van der Waals surface area contributed by atoms with Crippen LogP contribution >= 0.6 is 0 Å². The maximum atomic E-state index is 13.2. The Morgan fingerprint density at radius 3 is 2.56 bits per heavy atom. The molecular formula is C12H17FN2O. The van der Waals surface area contributed by atoms with Crippen molar-refractivity contribution in [2.45, 2.75) is 26.8 Å². The Hall–Kier alpha value is -1.42. The summed E-state index contributed by atoms with van der Waals surface area (Å²) in [6.45, 7) is 5.39. The van der Waals surface area contributed by atoms with Crippen LogP contribution in [-0.2, 0) is 4.79 Å². The molecule has 0 bridgehead atoms. The smallest absolute Gasteiger partial charge is 0.241 e. The molecule has 16 heavy (non-hydrogen) atoms. The molecule has 3 nitrogen and oxygen atoms in total. The third-order valence-corrected chi connectivity index (χ3v) is 2.46. The molecule has 0 fully saturated rings. The number of benzene rings is 1. The van der Waals surface area contributed by atoms with Crippen molar-refractivity contribution in [3.63, 3.8) is 0 Å². The molecule has 1 atom stereocenters. The van der Waals surface area contributed by atoms with E-state index in [1.54, 1.807) is 19.1 Å². The SMILES string of the molecule is Cc1ccc(NC(=O)[C@@H](N)C(C)C)cc1F. The molecule has 1 aromatic carbocycles. The summed E-state index contributed by atoms with van der Waals surface area (Å²) in [5.74, 6) is -0.579. The van der Waals surface area contributed by atoms with Crippen molar-refractivity contribution >= 4 is 11.6 Å². The molecule has 0 aliphatic heterocycles. The van der Waals surface area contributed by atoms with Gasteiger partial charge >= 0.3 is 0 Å². The van der Waals surface area contributed by atoms with Crippen LogP contribution in [0.1, 0.15) is 19.4 Å². The molecule has 1 aromatic rings. The number of halogens is 1. The zero-order valence-electron chi connectivity index (χ0n) is 9.75. The molecule has 1 amide bonds. The molecule has 4 heteroatoms. The van der Waals surface area contributed by atoms with Gasteiger partial charge in [0.25, 0.3) is 0 Å². The van der Waals surface area contributed by atoms with E-state index in [-0.39, 0.29) is 17.6 Å². The summed E-state index contributed by atoms with van der Waals surface area (Å²) in [5.41, 5.74) is 6.65. The van der Waals surface area contributed by atoms with Gasteiger partial charge in [-0.25, -0.2) is 4.39 Å². The highest BCUT2D eigenvalue weighted by molar-refractivity contribution is 5.94. The van der Waals surface area contributed by atoms with Gasteiger partial charge in [0.05, 0.1) is 6.04 Å². The Morgan fingerprint density at radius 1 is 1.44 bits per heavy atom. The van der Waals surface area contributed by atoms with Crippen molar-refractivity contribution in [3.8, 4) is 0 Å². The minimum absolute atomic E-state index is 0.0512. The van der Waals surface area contributed by atoms with Crippen LogP contribution in [0.2, 0.25) is 0 Å². The van der Waals surface area contributed by atoms with Gasteiger partial charge in [0.2, 0.25) is 5.91 Å². The molecular weight excluding hydrogens is 207 g/mol. The van der Waals surface area contributed by atoms with Crippen LogP contribution in [0.25, 0.3) is 0 Å². The zero-order valence-corrected chi connectivity index (χ0v) is 9.75. The number of aryl methyl sites for hydroxylation is 1. The lowest BCUT2D eigenvalue weighted by molar-refractivity contribution is -0.118. The predicted molar refractivity (Wildman–Crippen MR) is 62.6 cm³/mol. The van der Waals surface area contributed by atoms with E-state index < -0.39 is 6.04 Å². The number of carbonyl (C=O) groups is 1. The second kappa shape index (κ2) is 5.07. The van der Waals surface area contributed by atoms with Gasteiger partial charge in [0, 0.05) is 5.69 Å². The van der Waals surface area contributed by atoms with Crippen LogP contribution in [0, 0.1) is 18.7 Å². The molecule has 0 saturated heterocycles. The van der Waals surface area contributed by atoms with Gasteiger partial charge in [-0.1, -0.05) is 19.9 Å². The molecule has 0 heterocycles. The minimum Gasteiger partial charge on any atom is -0.325 e. The van der Waals surface area contributed by atoms with Gasteiger partial charge in [0.1, 0.15) is 5.82 Å². The normalized spacial score (nSPS) is 12.6. The number of rotatable bonds is 3. The molecule has 3 N–H and O–H groups in total. The molecule has 0 spiro atoms. The largest absolute Gasteiger partial charge is 0.325 e. The quantitative estimate of drug-likeness (QED) is 0.825. The molecule has 0 saturated carbocycles. The number of hydrogen-bond acceptors (Lipinski definition) is 2.